The van der Waals surface area contributed by atoms with Crippen LogP contribution in [0.1, 0.15) is 73.2 Å². The fourth-order valence-electron chi connectivity index (χ4n) is 5.98. The molecule has 2 saturated heterocycles. The van der Waals surface area contributed by atoms with E-state index < -0.39 is 12.3 Å². The number of carboxylic acids is 1. The molecule has 3 atom stereocenters. The molecule has 9 nitrogen and oxygen atoms in total. The Morgan fingerprint density at radius 2 is 1.42 bits per heavy atom. The van der Waals surface area contributed by atoms with Gasteiger partial charge in [0, 0.05) is 69.8 Å². The Morgan fingerprint density at radius 1 is 0.756 bits per heavy atom. The van der Waals surface area contributed by atoms with Gasteiger partial charge in [-0.05, 0) is 41.7 Å². The number of amides is 1. The van der Waals surface area contributed by atoms with Crippen molar-refractivity contribution in [1.82, 2.24) is 9.80 Å². The fourth-order valence-corrected chi connectivity index (χ4v) is 5.98. The van der Waals surface area contributed by atoms with Crippen molar-refractivity contribution in [2.24, 2.45) is 0 Å². The van der Waals surface area contributed by atoms with Gasteiger partial charge in [-0.25, -0.2) is 0 Å². The molecular weight excluding hydrogens is 570 g/mol. The van der Waals surface area contributed by atoms with Gasteiger partial charge in [0.2, 0.25) is 5.91 Å². The van der Waals surface area contributed by atoms with E-state index in [1.54, 1.807) is 0 Å². The first-order valence-corrected chi connectivity index (χ1v) is 16.1. The van der Waals surface area contributed by atoms with E-state index in [4.69, 9.17) is 14.6 Å². The second kappa shape index (κ2) is 16.6. The second-order valence-electron chi connectivity index (χ2n) is 12.0. The molecule has 2 heterocycles. The van der Waals surface area contributed by atoms with E-state index >= 15 is 0 Å². The van der Waals surface area contributed by atoms with Crippen LogP contribution in [0.15, 0.2) is 78.9 Å². The molecule has 0 bridgehead atoms. The number of nitrogens with zero attached hydrogens (tertiary/aromatic N) is 2. The van der Waals surface area contributed by atoms with Gasteiger partial charge in [0.25, 0.3) is 0 Å². The number of carbonyl (C=O) groups is 2. The number of benzene rings is 3. The zero-order valence-electron chi connectivity index (χ0n) is 25.9. The molecular formula is C36H45N3O6. The highest BCUT2D eigenvalue weighted by Gasteiger charge is 2.33. The van der Waals surface area contributed by atoms with E-state index in [1.807, 2.05) is 48.5 Å². The molecule has 2 aliphatic heterocycles. The third-order valence-corrected chi connectivity index (χ3v) is 8.55. The number of nitrogens with one attached hydrogen (secondary N) is 1. The number of carboxylic acid groups (broad SMARTS) is 1. The molecule has 1 amide bonds. The van der Waals surface area contributed by atoms with Gasteiger partial charge in [0.1, 0.15) is 0 Å². The quantitative estimate of drug-likeness (QED) is 0.204. The highest BCUT2D eigenvalue weighted by atomic mass is 16.7. The lowest BCUT2D eigenvalue weighted by Crippen LogP contribution is -2.49. The number of piperazine rings is 1. The van der Waals surface area contributed by atoms with Crippen LogP contribution in [0.25, 0.3) is 0 Å². The topological polar surface area (TPSA) is 112 Å². The molecule has 0 spiro atoms. The van der Waals surface area contributed by atoms with Crippen LogP contribution in [0, 0.1) is 0 Å². The van der Waals surface area contributed by atoms with E-state index in [1.165, 1.54) is 5.56 Å². The summed E-state index contributed by atoms with van der Waals surface area (Å²) in [7, 11) is 0. The number of anilines is 1. The van der Waals surface area contributed by atoms with Crippen LogP contribution in [0.5, 0.6) is 0 Å². The Labute approximate surface area is 265 Å². The molecule has 3 N–H and O–H groups in total. The zero-order chi connectivity index (χ0) is 31.4. The Morgan fingerprint density at radius 3 is 2.11 bits per heavy atom. The number of aliphatic hydroxyl groups excluding tert-OH is 1. The van der Waals surface area contributed by atoms with E-state index in [9.17, 15) is 14.7 Å². The van der Waals surface area contributed by atoms with Crippen LogP contribution < -0.4 is 5.32 Å². The maximum atomic E-state index is 12.4. The summed E-state index contributed by atoms with van der Waals surface area (Å²) in [5, 5.41) is 21.2. The van der Waals surface area contributed by atoms with Gasteiger partial charge in [0.15, 0.2) is 6.29 Å². The van der Waals surface area contributed by atoms with Crippen LogP contribution >= 0.6 is 0 Å². The average Bonchev–Trinajstić information content (AvgIpc) is 3.06. The number of ether oxygens (including phenoxy) is 2. The first-order valence-electron chi connectivity index (χ1n) is 16.1. The van der Waals surface area contributed by atoms with Crippen LogP contribution in [0.3, 0.4) is 0 Å². The van der Waals surface area contributed by atoms with Crippen molar-refractivity contribution in [1.29, 1.82) is 0 Å². The van der Waals surface area contributed by atoms with Crippen LogP contribution in [0.4, 0.5) is 5.69 Å². The Bertz CT molecular complexity index is 1340. The average molecular weight is 616 g/mol. The normalized spacial score (nSPS) is 21.0. The standard InChI is InChI=1S/C36H45N3O6/c40-26-28-11-13-29(14-12-28)33-23-32(25-39-21-19-38(20-22-39)24-27-7-3-1-4-8-27)44-36(45-33)30-15-17-31(18-16-30)37-34(41)9-5-2-6-10-35(42)43/h1,3-4,7-8,11-18,32-33,36,40H,2,5-6,9-10,19-26H2,(H,37,41)(H,42,43)/t32-,33+,36+/m0/s1. The molecule has 9 heteroatoms. The summed E-state index contributed by atoms with van der Waals surface area (Å²) in [5.41, 5.74) is 4.85. The fraction of sp³-hybridized carbons (Fsp3) is 0.444. The van der Waals surface area contributed by atoms with Gasteiger partial charge in [-0.1, -0.05) is 73.2 Å². The summed E-state index contributed by atoms with van der Waals surface area (Å²) in [4.78, 5) is 28.0. The van der Waals surface area contributed by atoms with Gasteiger partial charge >= 0.3 is 5.97 Å². The molecule has 2 aliphatic rings. The van der Waals surface area contributed by atoms with Crippen molar-refractivity contribution in [3.05, 3.63) is 101 Å². The van der Waals surface area contributed by atoms with Crippen molar-refractivity contribution in [3.8, 4) is 0 Å². The minimum Gasteiger partial charge on any atom is -0.481 e. The minimum atomic E-state index is -0.805. The molecule has 0 saturated carbocycles. The van der Waals surface area contributed by atoms with Gasteiger partial charge < -0.3 is 25.0 Å². The third-order valence-electron chi connectivity index (χ3n) is 8.55. The molecule has 0 unspecified atom stereocenters. The van der Waals surface area contributed by atoms with Crippen molar-refractivity contribution < 1.29 is 29.3 Å². The number of unbranched alkanes of at least 4 members (excludes halogenated alkanes) is 2. The number of hydrogen-bond donors (Lipinski definition) is 3. The monoisotopic (exact) mass is 615 g/mol. The first kappa shape index (κ1) is 32.8. The van der Waals surface area contributed by atoms with E-state index in [2.05, 4.69) is 45.4 Å². The maximum absolute atomic E-state index is 12.4. The number of aliphatic carboxylic acids is 1. The number of rotatable bonds is 14. The van der Waals surface area contributed by atoms with Gasteiger partial charge in [-0.2, -0.15) is 0 Å². The van der Waals surface area contributed by atoms with Crippen LogP contribution in [-0.4, -0.2) is 70.7 Å². The van der Waals surface area contributed by atoms with Crippen molar-refractivity contribution in [2.75, 3.05) is 38.0 Å². The number of hydrogen-bond acceptors (Lipinski definition) is 7. The summed E-state index contributed by atoms with van der Waals surface area (Å²) in [5.74, 6) is -0.890. The summed E-state index contributed by atoms with van der Waals surface area (Å²) < 4.78 is 13.1. The van der Waals surface area contributed by atoms with Gasteiger partial charge in [-0.3, -0.25) is 19.4 Å². The Kier molecular flexibility index (Phi) is 12.1. The lowest BCUT2D eigenvalue weighted by atomic mass is 9.99. The minimum absolute atomic E-state index is 0.00399. The highest BCUT2D eigenvalue weighted by Crippen LogP contribution is 2.38. The lowest BCUT2D eigenvalue weighted by molar-refractivity contribution is -0.253. The summed E-state index contributed by atoms with van der Waals surface area (Å²) in [6, 6.07) is 26.1. The van der Waals surface area contributed by atoms with Crippen LogP contribution in [-0.2, 0) is 32.2 Å². The predicted molar refractivity (Wildman–Crippen MR) is 172 cm³/mol. The summed E-state index contributed by atoms with van der Waals surface area (Å²) in [6.45, 7) is 5.81. The molecule has 2 fully saturated rings. The second-order valence-corrected chi connectivity index (χ2v) is 12.0. The predicted octanol–water partition coefficient (Wildman–Crippen LogP) is 5.52. The van der Waals surface area contributed by atoms with Crippen molar-refractivity contribution in [3.63, 3.8) is 0 Å². The van der Waals surface area contributed by atoms with Crippen LogP contribution in [0.2, 0.25) is 0 Å². The number of carbonyl (C=O) groups excluding carboxylic acids is 1. The van der Waals surface area contributed by atoms with Crippen molar-refractivity contribution >= 4 is 17.6 Å². The summed E-state index contributed by atoms with van der Waals surface area (Å²) >= 11 is 0. The highest BCUT2D eigenvalue weighted by molar-refractivity contribution is 5.90. The zero-order valence-corrected chi connectivity index (χ0v) is 25.9. The molecule has 240 valence electrons. The van der Waals surface area contributed by atoms with E-state index in [0.717, 1.165) is 62.4 Å². The first-order chi connectivity index (χ1) is 21.9. The molecule has 3 aromatic rings. The largest absolute Gasteiger partial charge is 0.481 e. The molecule has 0 aromatic heterocycles. The molecule has 0 radical (unpaired) electrons. The molecule has 5 rings (SSSR count). The SMILES string of the molecule is O=C(O)CCCCCC(=O)Nc1ccc([C@@H]2O[C@H](CN3CCN(Cc4ccccc4)CC3)C[C@H](c3ccc(CO)cc3)O2)cc1. The van der Waals surface area contributed by atoms with Gasteiger partial charge in [0.05, 0.1) is 18.8 Å². The van der Waals surface area contributed by atoms with Crippen molar-refractivity contribution in [2.45, 2.75) is 70.2 Å². The van der Waals surface area contributed by atoms with E-state index in [0.29, 0.717) is 31.4 Å². The van der Waals surface area contributed by atoms with Gasteiger partial charge in [-0.15, -0.1) is 0 Å². The maximum Gasteiger partial charge on any atom is 0.303 e. The smallest absolute Gasteiger partial charge is 0.303 e. The molecule has 3 aromatic carbocycles. The Hall–Kier alpha value is -3.60. The molecule has 0 aliphatic carbocycles. The number of aliphatic hydroxyl groups is 1. The lowest BCUT2D eigenvalue weighted by Gasteiger charge is -2.40. The molecule has 45 heavy (non-hydrogen) atoms. The summed E-state index contributed by atoms with van der Waals surface area (Å²) in [6.07, 6.45) is 2.45. The van der Waals surface area contributed by atoms with E-state index in [-0.39, 0.29) is 31.1 Å². The Balaban J connectivity index is 1.18. The third kappa shape index (κ3) is 10.2.